The molecule has 0 heterocycles. The van der Waals surface area contributed by atoms with Crippen LogP contribution in [0.2, 0.25) is 5.02 Å². The summed E-state index contributed by atoms with van der Waals surface area (Å²) < 4.78 is 5.92. The molecule has 1 aromatic carbocycles. The van der Waals surface area contributed by atoms with E-state index in [-0.39, 0.29) is 5.97 Å². The fourth-order valence-corrected chi connectivity index (χ4v) is 2.12. The van der Waals surface area contributed by atoms with Gasteiger partial charge in [-0.15, -0.1) is 0 Å². The number of halogens is 2. The third kappa shape index (κ3) is 5.40. The number of carbonyl (C=O) groups excluding carboxylic acids is 1. The van der Waals surface area contributed by atoms with Crippen molar-refractivity contribution in [3.8, 4) is 0 Å². The van der Waals surface area contributed by atoms with Gasteiger partial charge < -0.3 is 9.64 Å². The Bertz CT molecular complexity index is 455. The van der Waals surface area contributed by atoms with E-state index in [0.717, 1.165) is 16.6 Å². The maximum absolute atomic E-state index is 12.1. The van der Waals surface area contributed by atoms with Gasteiger partial charge in [0.25, 0.3) is 0 Å². The van der Waals surface area contributed by atoms with Crippen molar-refractivity contribution in [3.63, 3.8) is 0 Å². The first-order valence-corrected chi connectivity index (χ1v) is 7.62. The van der Waals surface area contributed by atoms with Gasteiger partial charge in [0.2, 0.25) is 0 Å². The van der Waals surface area contributed by atoms with Crippen molar-refractivity contribution in [2.24, 2.45) is 0 Å². The summed E-state index contributed by atoms with van der Waals surface area (Å²) in [5.74, 6) is -0.287. The van der Waals surface area contributed by atoms with E-state index in [1.165, 1.54) is 0 Å². The highest BCUT2D eigenvalue weighted by atomic mass is 79.9. The molecule has 0 fully saturated rings. The van der Waals surface area contributed by atoms with E-state index in [0.29, 0.717) is 18.2 Å². The fraction of sp³-hybridized carbons (Fsp3) is 0.500. The number of ether oxygens (including phenoxy) is 1. The van der Waals surface area contributed by atoms with Crippen molar-refractivity contribution in [1.29, 1.82) is 0 Å². The van der Waals surface area contributed by atoms with Crippen LogP contribution in [0.5, 0.6) is 0 Å². The lowest BCUT2D eigenvalue weighted by molar-refractivity contribution is -0.145. The van der Waals surface area contributed by atoms with E-state index in [1.807, 2.05) is 31.1 Å². The number of likely N-dealkylation sites (N-methyl/N-ethyl adjacent to an activating group) is 1. The molecule has 112 valence electrons. The average molecular weight is 364 g/mol. The van der Waals surface area contributed by atoms with Crippen LogP contribution in [0.15, 0.2) is 22.7 Å². The molecule has 6 heteroatoms. The molecule has 1 unspecified atom stereocenters. The van der Waals surface area contributed by atoms with Gasteiger partial charge in [-0.3, -0.25) is 5.32 Å². The van der Waals surface area contributed by atoms with E-state index < -0.39 is 6.04 Å². The highest BCUT2D eigenvalue weighted by molar-refractivity contribution is 9.10. The second kappa shape index (κ2) is 8.62. The second-order valence-electron chi connectivity index (χ2n) is 4.62. The molecule has 1 aromatic rings. The van der Waals surface area contributed by atoms with Gasteiger partial charge >= 0.3 is 5.97 Å². The molecule has 0 amide bonds. The fourth-order valence-electron chi connectivity index (χ4n) is 1.69. The maximum Gasteiger partial charge on any atom is 0.327 e. The minimum Gasteiger partial charge on any atom is -0.465 e. The molecule has 0 aromatic heterocycles. The van der Waals surface area contributed by atoms with Crippen LogP contribution in [0.25, 0.3) is 0 Å². The Morgan fingerprint density at radius 3 is 2.75 bits per heavy atom. The second-order valence-corrected chi connectivity index (χ2v) is 5.88. The van der Waals surface area contributed by atoms with Crippen LogP contribution in [0.3, 0.4) is 0 Å². The molecule has 0 radical (unpaired) electrons. The molecule has 0 aliphatic heterocycles. The van der Waals surface area contributed by atoms with E-state index >= 15 is 0 Å². The monoisotopic (exact) mass is 362 g/mol. The average Bonchev–Trinajstić information content (AvgIpc) is 2.38. The molecule has 0 aliphatic carbocycles. The molecular weight excluding hydrogens is 344 g/mol. The van der Waals surface area contributed by atoms with Gasteiger partial charge in [0.1, 0.15) is 6.04 Å². The number of rotatable bonds is 7. The Morgan fingerprint density at radius 2 is 2.20 bits per heavy atom. The number of esters is 1. The molecule has 1 rings (SSSR count). The van der Waals surface area contributed by atoms with E-state index in [1.54, 1.807) is 13.0 Å². The van der Waals surface area contributed by atoms with Crippen molar-refractivity contribution in [1.82, 2.24) is 10.2 Å². The Hall–Kier alpha value is -0.620. The lowest BCUT2D eigenvalue weighted by Gasteiger charge is -2.19. The van der Waals surface area contributed by atoms with E-state index in [9.17, 15) is 4.79 Å². The van der Waals surface area contributed by atoms with Gasteiger partial charge in [-0.05, 0) is 54.6 Å². The van der Waals surface area contributed by atoms with Crippen LogP contribution in [0.1, 0.15) is 18.5 Å². The minimum atomic E-state index is -0.500. The van der Waals surface area contributed by atoms with Gasteiger partial charge in [-0.25, -0.2) is 4.79 Å². The lowest BCUT2D eigenvalue weighted by Crippen LogP contribution is -2.35. The van der Waals surface area contributed by atoms with Gasteiger partial charge in [0.15, 0.2) is 0 Å². The summed E-state index contributed by atoms with van der Waals surface area (Å²) in [4.78, 5) is 14.1. The van der Waals surface area contributed by atoms with E-state index in [2.05, 4.69) is 21.2 Å². The molecule has 1 atom stereocenters. The van der Waals surface area contributed by atoms with Crippen molar-refractivity contribution in [2.45, 2.75) is 13.0 Å². The summed E-state index contributed by atoms with van der Waals surface area (Å²) >= 11 is 9.43. The minimum absolute atomic E-state index is 0.287. The van der Waals surface area contributed by atoms with Crippen LogP contribution in [-0.4, -0.2) is 44.7 Å². The van der Waals surface area contributed by atoms with Crippen molar-refractivity contribution >= 4 is 33.5 Å². The molecule has 0 aliphatic rings. The first-order chi connectivity index (χ1) is 9.45. The Balaban J connectivity index is 2.85. The third-order valence-electron chi connectivity index (χ3n) is 2.71. The van der Waals surface area contributed by atoms with Crippen molar-refractivity contribution in [2.75, 3.05) is 33.8 Å². The zero-order valence-corrected chi connectivity index (χ0v) is 14.3. The normalized spacial score (nSPS) is 12.5. The standard InChI is InChI=1S/C14H20BrClN2O2/c1-4-20-14(19)13(17-7-8-18(2)3)10-5-6-11(15)12(16)9-10/h5-6,9,13,17H,4,7-8H2,1-3H3. The summed E-state index contributed by atoms with van der Waals surface area (Å²) in [6, 6.07) is 4.97. The maximum atomic E-state index is 12.1. The molecule has 0 saturated heterocycles. The number of nitrogens with zero attached hydrogens (tertiary/aromatic N) is 1. The first kappa shape index (κ1) is 17.4. The Kier molecular flexibility index (Phi) is 7.51. The highest BCUT2D eigenvalue weighted by Gasteiger charge is 2.22. The van der Waals surface area contributed by atoms with E-state index in [4.69, 9.17) is 16.3 Å². The summed E-state index contributed by atoms with van der Waals surface area (Å²) in [5, 5.41) is 3.78. The lowest BCUT2D eigenvalue weighted by atomic mass is 10.1. The summed E-state index contributed by atoms with van der Waals surface area (Å²) in [6.07, 6.45) is 0. The van der Waals surface area contributed by atoms with Gasteiger partial charge in [0, 0.05) is 17.6 Å². The number of hydrogen-bond donors (Lipinski definition) is 1. The van der Waals surface area contributed by atoms with Crippen molar-refractivity contribution in [3.05, 3.63) is 33.3 Å². The van der Waals surface area contributed by atoms with Crippen LogP contribution in [0, 0.1) is 0 Å². The predicted octanol–water partition coefficient (Wildman–Crippen LogP) is 2.86. The summed E-state index contributed by atoms with van der Waals surface area (Å²) in [5.41, 5.74) is 0.801. The SMILES string of the molecule is CCOC(=O)C(NCCN(C)C)c1ccc(Br)c(Cl)c1. The van der Waals surface area contributed by atoms with Crippen LogP contribution < -0.4 is 5.32 Å². The number of carbonyl (C=O) groups is 1. The topological polar surface area (TPSA) is 41.6 Å². The molecular formula is C14H20BrClN2O2. The van der Waals surface area contributed by atoms with Crippen molar-refractivity contribution < 1.29 is 9.53 Å². The highest BCUT2D eigenvalue weighted by Crippen LogP contribution is 2.26. The number of hydrogen-bond acceptors (Lipinski definition) is 4. The van der Waals surface area contributed by atoms with Gasteiger partial charge in [0.05, 0.1) is 11.6 Å². The van der Waals surface area contributed by atoms with Gasteiger partial charge in [-0.2, -0.15) is 0 Å². The molecule has 20 heavy (non-hydrogen) atoms. The predicted molar refractivity (Wildman–Crippen MR) is 85.1 cm³/mol. The van der Waals surface area contributed by atoms with Crippen LogP contribution in [-0.2, 0) is 9.53 Å². The number of nitrogens with one attached hydrogen (secondary N) is 1. The Labute approximate surface area is 133 Å². The molecule has 0 bridgehead atoms. The van der Waals surface area contributed by atoms with Crippen LogP contribution in [0.4, 0.5) is 0 Å². The molecule has 4 nitrogen and oxygen atoms in total. The Morgan fingerprint density at radius 1 is 1.50 bits per heavy atom. The first-order valence-electron chi connectivity index (χ1n) is 6.45. The molecule has 0 saturated carbocycles. The number of benzene rings is 1. The third-order valence-corrected chi connectivity index (χ3v) is 3.94. The summed E-state index contributed by atoms with van der Waals surface area (Å²) in [7, 11) is 3.97. The quantitative estimate of drug-likeness (QED) is 0.756. The largest absolute Gasteiger partial charge is 0.465 e. The zero-order chi connectivity index (χ0) is 15.1. The van der Waals surface area contributed by atoms with Gasteiger partial charge in [-0.1, -0.05) is 17.7 Å². The van der Waals surface area contributed by atoms with Crippen LogP contribution >= 0.6 is 27.5 Å². The smallest absolute Gasteiger partial charge is 0.327 e. The molecule has 1 N–H and O–H groups in total. The summed E-state index contributed by atoms with van der Waals surface area (Å²) in [6.45, 7) is 3.67. The zero-order valence-electron chi connectivity index (χ0n) is 12.0. The molecule has 0 spiro atoms.